The maximum atomic E-state index is 4.73. The summed E-state index contributed by atoms with van der Waals surface area (Å²) in [5, 5.41) is 34.4. The fourth-order valence-corrected chi connectivity index (χ4v) is 4.62. The molecule has 0 unspecified atom stereocenters. The van der Waals surface area contributed by atoms with Crippen LogP contribution in [0.15, 0.2) is 49.1 Å². The molecule has 16 nitrogen and oxygen atoms in total. The molecule has 2 aliphatic heterocycles. The van der Waals surface area contributed by atoms with Gasteiger partial charge >= 0.3 is 17.1 Å². The van der Waals surface area contributed by atoms with E-state index in [1.54, 1.807) is 49.1 Å². The minimum atomic E-state index is 0. The summed E-state index contributed by atoms with van der Waals surface area (Å²) in [5.41, 5.74) is 4.25. The van der Waals surface area contributed by atoms with Gasteiger partial charge in [-0.25, -0.2) is 9.97 Å². The predicted octanol–water partition coefficient (Wildman–Crippen LogP) is 1.28. The molecular formula is C24H8CuN16. The van der Waals surface area contributed by atoms with Gasteiger partial charge in [0.15, 0.2) is 0 Å². The Labute approximate surface area is 236 Å². The molecule has 0 saturated carbocycles. The van der Waals surface area contributed by atoms with Crippen molar-refractivity contribution in [3.8, 4) is 45.8 Å². The average molecular weight is 584 g/mol. The molecule has 9 rings (SSSR count). The van der Waals surface area contributed by atoms with E-state index in [0.29, 0.717) is 67.3 Å². The van der Waals surface area contributed by atoms with Gasteiger partial charge in [-0.05, 0) is 24.3 Å². The predicted molar refractivity (Wildman–Crippen MR) is 136 cm³/mol. The van der Waals surface area contributed by atoms with Gasteiger partial charge in [0.05, 0.1) is 36.4 Å². The largest absolute Gasteiger partial charge is 2.00 e. The van der Waals surface area contributed by atoms with E-state index in [0.717, 1.165) is 0 Å². The van der Waals surface area contributed by atoms with Gasteiger partial charge in [-0.15, -0.1) is 20.4 Å². The van der Waals surface area contributed by atoms with Gasteiger partial charge in [0.25, 0.3) is 0 Å². The first-order valence-corrected chi connectivity index (χ1v) is 11.8. The molecule has 17 heteroatoms. The van der Waals surface area contributed by atoms with Crippen LogP contribution in [0.5, 0.6) is 0 Å². The molecule has 41 heavy (non-hydrogen) atoms. The molecule has 0 atom stereocenters. The van der Waals surface area contributed by atoms with Crippen LogP contribution >= 0.6 is 0 Å². The van der Waals surface area contributed by atoms with Crippen molar-refractivity contribution in [3.05, 3.63) is 49.1 Å². The smallest absolute Gasteiger partial charge is 0.356 e. The molecule has 0 aliphatic carbocycles. The zero-order valence-electron chi connectivity index (χ0n) is 20.1. The quantitative estimate of drug-likeness (QED) is 0.230. The van der Waals surface area contributed by atoms with E-state index in [9.17, 15) is 0 Å². The van der Waals surface area contributed by atoms with E-state index in [-0.39, 0.29) is 40.0 Å². The number of rotatable bonds is 0. The van der Waals surface area contributed by atoms with Crippen molar-refractivity contribution in [3.63, 3.8) is 0 Å². The Morgan fingerprint density at radius 3 is 1.32 bits per heavy atom. The molecule has 7 aromatic rings. The summed E-state index contributed by atoms with van der Waals surface area (Å²) in [7, 11) is 0. The molecular weight excluding hydrogens is 576 g/mol. The maximum Gasteiger partial charge on any atom is 2.00 e. The van der Waals surface area contributed by atoms with Crippen molar-refractivity contribution < 1.29 is 17.1 Å². The Morgan fingerprint density at radius 1 is 0.415 bits per heavy atom. The van der Waals surface area contributed by atoms with E-state index >= 15 is 0 Å². The van der Waals surface area contributed by atoms with Crippen LogP contribution in [0.2, 0.25) is 0 Å². The normalized spacial score (nSPS) is 11.7. The zero-order chi connectivity index (χ0) is 26.2. The van der Waals surface area contributed by atoms with Crippen LogP contribution in [0.1, 0.15) is 0 Å². The molecule has 0 saturated heterocycles. The van der Waals surface area contributed by atoms with Crippen molar-refractivity contribution in [2.45, 2.75) is 0 Å². The SMILES string of the molecule is [Cu+2].c1cc2c(nn1)-c1nc-2nc2[n-]c(nc3nc(nc4[n-]c(n1)c1ccnnc41)-c1ccnnc1-3)c1ccnnc21. The second-order valence-corrected chi connectivity index (χ2v) is 8.66. The van der Waals surface area contributed by atoms with E-state index < -0.39 is 0 Å². The van der Waals surface area contributed by atoms with Crippen LogP contribution < -0.4 is 9.97 Å². The molecule has 0 fully saturated rings. The van der Waals surface area contributed by atoms with Gasteiger partial charge in [0, 0.05) is 44.5 Å². The summed E-state index contributed by atoms with van der Waals surface area (Å²) < 4.78 is 0. The number of hydrogen-bond donors (Lipinski definition) is 0. The number of nitrogens with zero attached hydrogens (tertiary/aromatic N) is 16. The Bertz CT molecular complexity index is 2040. The summed E-state index contributed by atoms with van der Waals surface area (Å²) >= 11 is 0. The van der Waals surface area contributed by atoms with Crippen molar-refractivity contribution >= 4 is 44.4 Å². The molecule has 8 bridgehead atoms. The van der Waals surface area contributed by atoms with Gasteiger partial charge in [-0.2, -0.15) is 20.4 Å². The number of fused-ring (bicyclic) bond motifs is 20. The Kier molecular flexibility index (Phi) is 4.85. The van der Waals surface area contributed by atoms with Crippen LogP contribution in [-0.2, 0) is 17.1 Å². The van der Waals surface area contributed by atoms with Crippen LogP contribution in [0.25, 0.3) is 90.2 Å². The first-order valence-electron chi connectivity index (χ1n) is 11.8. The van der Waals surface area contributed by atoms with Crippen molar-refractivity contribution in [1.29, 1.82) is 0 Å². The van der Waals surface area contributed by atoms with Crippen LogP contribution in [0.4, 0.5) is 0 Å². The standard InChI is InChI=1S/C24H8N16.Cu/c1-5-25-37-13-9(1)17-29-21(13)34-18-11-3-7-27-39-15(11)23(31-18)36-20-12-4-8-28-40-16(12)24(32-20)35-19-10-2-6-26-38-14(10)22(30-19)33-17;/h1-8H;/q-2;+2. The minimum absolute atomic E-state index is 0. The molecule has 0 aromatic carbocycles. The van der Waals surface area contributed by atoms with E-state index in [1.807, 2.05) is 0 Å². The topological polar surface area (TPSA) is 209 Å². The molecule has 1 radical (unpaired) electrons. The van der Waals surface area contributed by atoms with Crippen LogP contribution in [0, 0.1) is 0 Å². The second kappa shape index (κ2) is 8.60. The molecule has 7 aromatic heterocycles. The fourth-order valence-electron chi connectivity index (χ4n) is 4.62. The van der Waals surface area contributed by atoms with Gasteiger partial charge < -0.3 is 29.9 Å². The van der Waals surface area contributed by atoms with Gasteiger partial charge in [0.1, 0.15) is 34.1 Å². The van der Waals surface area contributed by atoms with Gasteiger partial charge in [-0.3, -0.25) is 0 Å². The third kappa shape index (κ3) is 3.39. The minimum Gasteiger partial charge on any atom is -0.356 e. The molecule has 2 aliphatic rings. The third-order valence-corrected chi connectivity index (χ3v) is 6.39. The average Bonchev–Trinajstić information content (AvgIpc) is 3.73. The summed E-state index contributed by atoms with van der Waals surface area (Å²) in [6.07, 6.45) is 6.22. The molecule has 195 valence electrons. The van der Waals surface area contributed by atoms with Gasteiger partial charge in [-0.1, -0.05) is 0 Å². The third-order valence-electron chi connectivity index (χ3n) is 6.39. The van der Waals surface area contributed by atoms with Gasteiger partial charge in [0.2, 0.25) is 0 Å². The first kappa shape index (κ1) is 23.1. The van der Waals surface area contributed by atoms with Crippen molar-refractivity contribution in [2.24, 2.45) is 0 Å². The zero-order valence-corrected chi connectivity index (χ0v) is 21.0. The van der Waals surface area contributed by atoms with Crippen LogP contribution in [0.3, 0.4) is 0 Å². The first-order chi connectivity index (χ1) is 19.8. The number of aromatic nitrogens is 16. The fraction of sp³-hybridized carbons (Fsp3) is 0. The van der Waals surface area contributed by atoms with Crippen molar-refractivity contribution in [2.75, 3.05) is 0 Å². The molecule has 0 amide bonds. The van der Waals surface area contributed by atoms with E-state index in [2.05, 4.69) is 60.7 Å². The number of hydrogen-bond acceptors (Lipinski definition) is 14. The Hall–Kier alpha value is -5.80. The van der Waals surface area contributed by atoms with E-state index in [4.69, 9.17) is 19.9 Å². The summed E-state index contributed by atoms with van der Waals surface area (Å²) in [6, 6.07) is 7.02. The Balaban J connectivity index is 0.00000256. The molecule has 0 spiro atoms. The summed E-state index contributed by atoms with van der Waals surface area (Å²) in [5.74, 6) is 1.21. The molecule has 9 heterocycles. The summed E-state index contributed by atoms with van der Waals surface area (Å²) in [4.78, 5) is 37.6. The maximum absolute atomic E-state index is 4.73. The Morgan fingerprint density at radius 2 is 0.829 bits per heavy atom. The van der Waals surface area contributed by atoms with E-state index in [1.165, 1.54) is 0 Å². The molecule has 0 N–H and O–H groups in total. The second-order valence-electron chi connectivity index (χ2n) is 8.66. The summed E-state index contributed by atoms with van der Waals surface area (Å²) in [6.45, 7) is 0. The van der Waals surface area contributed by atoms with Crippen molar-refractivity contribution in [1.82, 2.24) is 80.7 Å². The monoisotopic (exact) mass is 583 g/mol. The van der Waals surface area contributed by atoms with Crippen LogP contribution in [-0.4, -0.2) is 70.7 Å².